The monoisotopic (exact) mass is 244 g/mol. The second-order valence-corrected chi connectivity index (χ2v) is 3.56. The topological polar surface area (TPSA) is 55.5 Å². The summed E-state index contributed by atoms with van der Waals surface area (Å²) in [7, 11) is 0. The van der Waals surface area contributed by atoms with Gasteiger partial charge in [-0.15, -0.1) is 0 Å². The summed E-state index contributed by atoms with van der Waals surface area (Å²) in [6, 6.07) is 12.0. The fourth-order valence-electron chi connectivity index (χ4n) is 1.41. The Balaban J connectivity index is 2.27. The molecule has 0 unspecified atom stereocenters. The van der Waals surface area contributed by atoms with Gasteiger partial charge in [0.2, 0.25) is 0 Å². The Kier molecular flexibility index (Phi) is 3.43. The zero-order valence-corrected chi connectivity index (χ0v) is 9.29. The molecule has 2 rings (SSSR count). The number of hydrogen-bond donors (Lipinski definition) is 0. The number of rotatable bonds is 3. The third-order valence-electron chi connectivity index (χ3n) is 2.30. The van der Waals surface area contributed by atoms with E-state index in [2.05, 4.69) is 4.99 Å². The third kappa shape index (κ3) is 2.76. The van der Waals surface area contributed by atoms with E-state index in [0.717, 1.165) is 0 Å². The lowest BCUT2D eigenvalue weighted by Gasteiger charge is -1.96. The third-order valence-corrected chi connectivity index (χ3v) is 2.30. The van der Waals surface area contributed by atoms with Crippen molar-refractivity contribution in [3.05, 3.63) is 70.0 Å². The van der Waals surface area contributed by atoms with Crippen LogP contribution in [0.25, 0.3) is 0 Å². The lowest BCUT2D eigenvalue weighted by molar-refractivity contribution is -0.384. The van der Waals surface area contributed by atoms with Crippen molar-refractivity contribution in [2.45, 2.75) is 0 Å². The average Bonchev–Trinajstić information content (AvgIpc) is 2.38. The van der Waals surface area contributed by atoms with Crippen molar-refractivity contribution in [1.82, 2.24) is 0 Å². The maximum Gasteiger partial charge on any atom is 0.271 e. The van der Waals surface area contributed by atoms with Crippen molar-refractivity contribution in [3.8, 4) is 0 Å². The summed E-state index contributed by atoms with van der Waals surface area (Å²) < 4.78 is 13.3. The summed E-state index contributed by atoms with van der Waals surface area (Å²) >= 11 is 0. The highest BCUT2D eigenvalue weighted by atomic mass is 19.1. The van der Waals surface area contributed by atoms with Crippen LogP contribution >= 0.6 is 0 Å². The lowest BCUT2D eigenvalue weighted by Crippen LogP contribution is -1.87. The van der Waals surface area contributed by atoms with Gasteiger partial charge in [0.25, 0.3) is 5.69 Å². The molecule has 90 valence electrons. The van der Waals surface area contributed by atoms with Crippen LogP contribution in [0.1, 0.15) is 5.56 Å². The molecule has 0 saturated heterocycles. The van der Waals surface area contributed by atoms with Crippen LogP contribution in [0, 0.1) is 15.9 Å². The molecule has 0 amide bonds. The van der Waals surface area contributed by atoms with Gasteiger partial charge in [0, 0.05) is 23.9 Å². The molecular weight excluding hydrogens is 235 g/mol. The van der Waals surface area contributed by atoms with Crippen LogP contribution in [-0.2, 0) is 0 Å². The van der Waals surface area contributed by atoms with Gasteiger partial charge in [-0.1, -0.05) is 24.3 Å². The summed E-state index contributed by atoms with van der Waals surface area (Å²) in [5.74, 6) is -0.383. The highest BCUT2D eigenvalue weighted by molar-refractivity contribution is 5.82. The second-order valence-electron chi connectivity index (χ2n) is 3.56. The molecule has 0 aromatic heterocycles. The first-order valence-electron chi connectivity index (χ1n) is 5.20. The Labute approximate surface area is 103 Å². The van der Waals surface area contributed by atoms with Crippen LogP contribution < -0.4 is 0 Å². The molecule has 0 aliphatic rings. The van der Waals surface area contributed by atoms with Crippen molar-refractivity contribution in [3.63, 3.8) is 0 Å². The zero-order chi connectivity index (χ0) is 13.0. The Bertz CT molecular complexity index is 611. The number of halogens is 1. The standard InChI is InChI=1S/C13H9FN2O2/c14-13-7-2-1-4-10(13)9-15-11-5-3-6-12(8-11)16(17)18/h1-9H. The molecule has 18 heavy (non-hydrogen) atoms. The Morgan fingerprint density at radius 3 is 2.67 bits per heavy atom. The lowest BCUT2D eigenvalue weighted by atomic mass is 10.2. The molecule has 0 N–H and O–H groups in total. The minimum absolute atomic E-state index is 0.0433. The van der Waals surface area contributed by atoms with Gasteiger partial charge in [-0.2, -0.15) is 0 Å². The zero-order valence-electron chi connectivity index (χ0n) is 9.29. The van der Waals surface area contributed by atoms with Gasteiger partial charge in [-0.25, -0.2) is 4.39 Å². The first-order valence-corrected chi connectivity index (χ1v) is 5.20. The van der Waals surface area contributed by atoms with E-state index in [9.17, 15) is 14.5 Å². The summed E-state index contributed by atoms with van der Waals surface area (Å²) in [5, 5.41) is 10.6. The smallest absolute Gasteiger partial charge is 0.258 e. The van der Waals surface area contributed by atoms with E-state index >= 15 is 0 Å². The number of nitrogens with zero attached hydrogens (tertiary/aromatic N) is 2. The largest absolute Gasteiger partial charge is 0.271 e. The second kappa shape index (κ2) is 5.18. The molecule has 2 aromatic rings. The van der Waals surface area contributed by atoms with Crippen LogP contribution in [0.2, 0.25) is 0 Å². The number of nitro benzene ring substituents is 1. The van der Waals surface area contributed by atoms with Crippen molar-refractivity contribution >= 4 is 17.6 Å². The number of non-ortho nitro benzene ring substituents is 1. The van der Waals surface area contributed by atoms with E-state index < -0.39 is 4.92 Å². The number of nitro groups is 1. The molecule has 0 bridgehead atoms. The highest BCUT2D eigenvalue weighted by Crippen LogP contribution is 2.19. The molecule has 0 spiro atoms. The molecule has 0 atom stereocenters. The van der Waals surface area contributed by atoms with Gasteiger partial charge in [0.1, 0.15) is 5.82 Å². The fourth-order valence-corrected chi connectivity index (χ4v) is 1.41. The van der Waals surface area contributed by atoms with E-state index in [1.165, 1.54) is 30.5 Å². The van der Waals surface area contributed by atoms with E-state index in [1.807, 2.05) is 0 Å². The molecule has 0 aliphatic heterocycles. The van der Waals surface area contributed by atoms with Crippen molar-refractivity contribution in [2.24, 2.45) is 4.99 Å². The van der Waals surface area contributed by atoms with E-state index in [4.69, 9.17) is 0 Å². The van der Waals surface area contributed by atoms with Crippen LogP contribution in [-0.4, -0.2) is 11.1 Å². The van der Waals surface area contributed by atoms with Crippen LogP contribution in [0.15, 0.2) is 53.5 Å². The Morgan fingerprint density at radius 2 is 1.94 bits per heavy atom. The summed E-state index contributed by atoms with van der Waals surface area (Å²) in [4.78, 5) is 14.1. The van der Waals surface area contributed by atoms with Gasteiger partial charge < -0.3 is 0 Å². The maximum atomic E-state index is 13.3. The first-order chi connectivity index (χ1) is 8.66. The molecule has 0 radical (unpaired) electrons. The molecular formula is C13H9FN2O2. The molecule has 0 heterocycles. The van der Waals surface area contributed by atoms with Gasteiger partial charge in [0.05, 0.1) is 10.6 Å². The summed E-state index contributed by atoms with van der Waals surface area (Å²) in [6.45, 7) is 0. The number of aliphatic imine (C=N–C) groups is 1. The van der Waals surface area contributed by atoms with Gasteiger partial charge >= 0.3 is 0 Å². The van der Waals surface area contributed by atoms with E-state index in [1.54, 1.807) is 24.3 Å². The number of hydrogen-bond acceptors (Lipinski definition) is 3. The minimum Gasteiger partial charge on any atom is -0.258 e. The van der Waals surface area contributed by atoms with Crippen molar-refractivity contribution < 1.29 is 9.31 Å². The molecule has 0 saturated carbocycles. The summed E-state index contributed by atoms with van der Waals surface area (Å²) in [6.07, 6.45) is 1.34. The quantitative estimate of drug-likeness (QED) is 0.471. The van der Waals surface area contributed by atoms with Crippen molar-refractivity contribution in [1.29, 1.82) is 0 Å². The normalized spacial score (nSPS) is 10.7. The van der Waals surface area contributed by atoms with E-state index in [0.29, 0.717) is 11.3 Å². The predicted molar refractivity (Wildman–Crippen MR) is 66.8 cm³/mol. The molecule has 0 fully saturated rings. The fraction of sp³-hybridized carbons (Fsp3) is 0. The Hall–Kier alpha value is -2.56. The van der Waals surface area contributed by atoms with Gasteiger partial charge in [-0.05, 0) is 12.1 Å². The first kappa shape index (κ1) is 11.9. The predicted octanol–water partition coefficient (Wildman–Crippen LogP) is 3.48. The molecule has 0 aliphatic carbocycles. The van der Waals surface area contributed by atoms with Gasteiger partial charge in [-0.3, -0.25) is 15.1 Å². The van der Waals surface area contributed by atoms with E-state index in [-0.39, 0.29) is 11.5 Å². The maximum absolute atomic E-state index is 13.3. The van der Waals surface area contributed by atoms with Crippen LogP contribution in [0.4, 0.5) is 15.8 Å². The van der Waals surface area contributed by atoms with Crippen molar-refractivity contribution in [2.75, 3.05) is 0 Å². The highest BCUT2D eigenvalue weighted by Gasteiger charge is 2.04. The minimum atomic E-state index is -0.498. The Morgan fingerprint density at radius 1 is 1.17 bits per heavy atom. The number of benzene rings is 2. The van der Waals surface area contributed by atoms with Crippen LogP contribution in [0.3, 0.4) is 0 Å². The SMILES string of the molecule is O=[N+]([O-])c1cccc(N=Cc2ccccc2F)c1. The van der Waals surface area contributed by atoms with Gasteiger partial charge in [0.15, 0.2) is 0 Å². The summed E-state index contributed by atoms with van der Waals surface area (Å²) in [5.41, 5.74) is 0.703. The molecule has 5 heteroatoms. The molecule has 4 nitrogen and oxygen atoms in total. The molecule has 2 aromatic carbocycles. The van der Waals surface area contributed by atoms with Crippen LogP contribution in [0.5, 0.6) is 0 Å². The average molecular weight is 244 g/mol.